The normalized spacial score (nSPS) is 13.4. The Morgan fingerprint density at radius 1 is 1.37 bits per heavy atom. The Morgan fingerprint density at radius 3 is 2.47 bits per heavy atom. The molecule has 0 aromatic heterocycles. The van der Waals surface area contributed by atoms with Crippen LogP contribution in [0.3, 0.4) is 0 Å². The van der Waals surface area contributed by atoms with Crippen LogP contribution in [0.15, 0.2) is 23.4 Å². The van der Waals surface area contributed by atoms with Crippen LogP contribution in [-0.2, 0) is 0 Å². The largest absolute Gasteiger partial charge is 0.409 e. The van der Waals surface area contributed by atoms with E-state index in [1.165, 1.54) is 0 Å². The molecule has 0 fully saturated rings. The van der Waals surface area contributed by atoms with E-state index in [2.05, 4.69) is 10.5 Å². The van der Waals surface area contributed by atoms with E-state index in [-0.39, 0.29) is 17.3 Å². The van der Waals surface area contributed by atoms with Gasteiger partial charge in [-0.3, -0.25) is 4.79 Å². The molecule has 7 heteroatoms. The molecule has 0 heterocycles. The Labute approximate surface area is 109 Å². The summed E-state index contributed by atoms with van der Waals surface area (Å²) in [5, 5.41) is 13.9. The summed E-state index contributed by atoms with van der Waals surface area (Å²) in [5.74, 6) is -3.08. The summed E-state index contributed by atoms with van der Waals surface area (Å²) in [7, 11) is 0. The van der Waals surface area contributed by atoms with E-state index in [0.717, 1.165) is 18.2 Å². The maximum absolute atomic E-state index is 13.0. The van der Waals surface area contributed by atoms with Crippen molar-refractivity contribution in [2.45, 2.75) is 19.9 Å². The first-order valence-corrected chi connectivity index (χ1v) is 5.60. The van der Waals surface area contributed by atoms with E-state index in [1.54, 1.807) is 13.8 Å². The zero-order valence-electron chi connectivity index (χ0n) is 10.5. The predicted octanol–water partition coefficient (Wildman–Crippen LogP) is 1.47. The molecule has 19 heavy (non-hydrogen) atoms. The number of carbonyl (C=O) groups is 1. The Kier molecular flexibility index (Phi) is 4.80. The number of nitrogens with zero attached hydrogens (tertiary/aromatic N) is 1. The van der Waals surface area contributed by atoms with Gasteiger partial charge in [-0.2, -0.15) is 0 Å². The minimum absolute atomic E-state index is 0.0460. The van der Waals surface area contributed by atoms with E-state index in [4.69, 9.17) is 10.9 Å². The standard InChI is InChI=1S/C12H15F2N3O2/c1-6(2)10(11(15)17-19)16-12(18)7-3-4-8(13)9(14)5-7/h3-6,10,19H,1-2H3,(H2,15,17)(H,16,18). The van der Waals surface area contributed by atoms with E-state index in [9.17, 15) is 13.6 Å². The van der Waals surface area contributed by atoms with E-state index < -0.39 is 23.6 Å². The van der Waals surface area contributed by atoms with Crippen LogP contribution < -0.4 is 11.1 Å². The molecule has 0 aliphatic heterocycles. The summed E-state index contributed by atoms with van der Waals surface area (Å²) in [4.78, 5) is 11.9. The first kappa shape index (κ1) is 14.9. The Morgan fingerprint density at radius 2 is 2.00 bits per heavy atom. The monoisotopic (exact) mass is 271 g/mol. The number of nitrogens with one attached hydrogen (secondary N) is 1. The van der Waals surface area contributed by atoms with Crippen LogP contribution in [0.25, 0.3) is 0 Å². The SMILES string of the molecule is CC(C)C(NC(=O)c1ccc(F)c(F)c1)C(N)=NO. The average Bonchev–Trinajstić information content (AvgIpc) is 2.37. The Bertz CT molecular complexity index is 504. The van der Waals surface area contributed by atoms with Crippen molar-refractivity contribution in [2.24, 2.45) is 16.8 Å². The highest BCUT2D eigenvalue weighted by atomic mass is 19.2. The second-order valence-corrected chi connectivity index (χ2v) is 4.35. The highest BCUT2D eigenvalue weighted by Gasteiger charge is 2.21. The number of amides is 1. The molecule has 1 rings (SSSR count). The second-order valence-electron chi connectivity index (χ2n) is 4.35. The molecule has 1 aromatic rings. The van der Waals surface area contributed by atoms with Crippen molar-refractivity contribution in [1.29, 1.82) is 0 Å². The third-order valence-corrected chi connectivity index (χ3v) is 2.57. The molecule has 0 bridgehead atoms. The molecular formula is C12H15F2N3O2. The van der Waals surface area contributed by atoms with E-state index >= 15 is 0 Å². The maximum atomic E-state index is 13.0. The van der Waals surface area contributed by atoms with Gasteiger partial charge in [0.25, 0.3) is 5.91 Å². The predicted molar refractivity (Wildman–Crippen MR) is 65.9 cm³/mol. The molecule has 1 aromatic carbocycles. The van der Waals surface area contributed by atoms with Crippen molar-refractivity contribution >= 4 is 11.7 Å². The minimum atomic E-state index is -1.11. The summed E-state index contributed by atoms with van der Waals surface area (Å²) < 4.78 is 25.8. The second kappa shape index (κ2) is 6.12. The van der Waals surface area contributed by atoms with Crippen LogP contribution >= 0.6 is 0 Å². The minimum Gasteiger partial charge on any atom is -0.409 e. The lowest BCUT2D eigenvalue weighted by Crippen LogP contribution is -2.47. The number of hydrogen-bond donors (Lipinski definition) is 3. The van der Waals surface area contributed by atoms with Crippen LogP contribution in [0.1, 0.15) is 24.2 Å². The van der Waals surface area contributed by atoms with Gasteiger partial charge in [-0.15, -0.1) is 0 Å². The average molecular weight is 271 g/mol. The first-order chi connectivity index (χ1) is 8.86. The fourth-order valence-electron chi connectivity index (χ4n) is 1.51. The lowest BCUT2D eigenvalue weighted by molar-refractivity contribution is 0.0938. The number of oxime groups is 1. The summed E-state index contributed by atoms with van der Waals surface area (Å²) in [6, 6.07) is 2.09. The lowest BCUT2D eigenvalue weighted by Gasteiger charge is -2.20. The van der Waals surface area contributed by atoms with Crippen molar-refractivity contribution in [1.82, 2.24) is 5.32 Å². The number of carbonyl (C=O) groups excluding carboxylic acids is 1. The molecule has 0 spiro atoms. The molecule has 4 N–H and O–H groups in total. The molecule has 1 atom stereocenters. The van der Waals surface area contributed by atoms with Crippen LogP contribution in [-0.4, -0.2) is 23.0 Å². The van der Waals surface area contributed by atoms with Crippen molar-refractivity contribution in [3.63, 3.8) is 0 Å². The van der Waals surface area contributed by atoms with Gasteiger partial charge >= 0.3 is 0 Å². The van der Waals surface area contributed by atoms with Gasteiger partial charge in [0, 0.05) is 5.56 Å². The quantitative estimate of drug-likeness (QED) is 0.335. The highest BCUT2D eigenvalue weighted by Crippen LogP contribution is 2.10. The van der Waals surface area contributed by atoms with Gasteiger partial charge < -0.3 is 16.3 Å². The molecule has 104 valence electrons. The van der Waals surface area contributed by atoms with Crippen molar-refractivity contribution in [3.8, 4) is 0 Å². The number of amidine groups is 1. The molecule has 0 saturated carbocycles. The van der Waals surface area contributed by atoms with Gasteiger partial charge in [0.1, 0.15) is 0 Å². The van der Waals surface area contributed by atoms with Crippen molar-refractivity contribution < 1.29 is 18.8 Å². The zero-order chi connectivity index (χ0) is 14.6. The third kappa shape index (κ3) is 3.64. The zero-order valence-corrected chi connectivity index (χ0v) is 10.5. The van der Waals surface area contributed by atoms with Crippen LogP contribution in [0.4, 0.5) is 8.78 Å². The topological polar surface area (TPSA) is 87.7 Å². The molecule has 0 radical (unpaired) electrons. The fraction of sp³-hybridized carbons (Fsp3) is 0.333. The first-order valence-electron chi connectivity index (χ1n) is 5.60. The molecule has 5 nitrogen and oxygen atoms in total. The van der Waals surface area contributed by atoms with Gasteiger partial charge in [-0.05, 0) is 24.1 Å². The Balaban J connectivity index is 2.91. The number of halogens is 2. The van der Waals surface area contributed by atoms with Gasteiger partial charge in [0.05, 0.1) is 6.04 Å². The van der Waals surface area contributed by atoms with Gasteiger partial charge in [-0.25, -0.2) is 8.78 Å². The highest BCUT2D eigenvalue weighted by molar-refractivity contribution is 5.98. The van der Waals surface area contributed by atoms with Crippen LogP contribution in [0.2, 0.25) is 0 Å². The number of benzene rings is 1. The number of nitrogens with two attached hydrogens (primary N) is 1. The maximum Gasteiger partial charge on any atom is 0.251 e. The van der Waals surface area contributed by atoms with Crippen LogP contribution in [0.5, 0.6) is 0 Å². The summed E-state index contributed by atoms with van der Waals surface area (Å²) >= 11 is 0. The number of hydrogen-bond acceptors (Lipinski definition) is 3. The summed E-state index contributed by atoms with van der Waals surface area (Å²) in [6.07, 6.45) is 0. The molecule has 0 aliphatic carbocycles. The fourth-order valence-corrected chi connectivity index (χ4v) is 1.51. The number of rotatable bonds is 4. The van der Waals surface area contributed by atoms with Crippen molar-refractivity contribution in [3.05, 3.63) is 35.4 Å². The van der Waals surface area contributed by atoms with E-state index in [1.807, 2.05) is 0 Å². The molecule has 0 aliphatic rings. The smallest absolute Gasteiger partial charge is 0.251 e. The summed E-state index contributed by atoms with van der Waals surface area (Å²) in [6.45, 7) is 3.52. The van der Waals surface area contributed by atoms with Gasteiger partial charge in [-0.1, -0.05) is 19.0 Å². The summed E-state index contributed by atoms with van der Waals surface area (Å²) in [5.41, 5.74) is 5.40. The van der Waals surface area contributed by atoms with Crippen molar-refractivity contribution in [2.75, 3.05) is 0 Å². The molecular weight excluding hydrogens is 256 g/mol. The van der Waals surface area contributed by atoms with E-state index in [0.29, 0.717) is 0 Å². The third-order valence-electron chi connectivity index (χ3n) is 2.57. The lowest BCUT2D eigenvalue weighted by atomic mass is 10.0. The van der Waals surface area contributed by atoms with Crippen LogP contribution in [0, 0.1) is 17.6 Å². The molecule has 0 saturated heterocycles. The Hall–Kier alpha value is -2.18. The van der Waals surface area contributed by atoms with Gasteiger partial charge in [0.15, 0.2) is 17.5 Å². The van der Waals surface area contributed by atoms with Gasteiger partial charge in [0.2, 0.25) is 0 Å². The molecule has 1 amide bonds. The molecule has 1 unspecified atom stereocenters.